The molecule has 1 rings (SSSR count). The van der Waals surface area contributed by atoms with Crippen LogP contribution in [0.25, 0.3) is 0 Å². The maximum Gasteiger partial charge on any atom is 0.411 e. The van der Waals surface area contributed by atoms with Crippen molar-refractivity contribution in [2.24, 2.45) is 5.73 Å². The summed E-state index contributed by atoms with van der Waals surface area (Å²) in [6.07, 6.45) is 1.52. The molecule has 0 aliphatic carbocycles. The van der Waals surface area contributed by atoms with Gasteiger partial charge in [0.15, 0.2) is 0 Å². The van der Waals surface area contributed by atoms with Gasteiger partial charge in [-0.05, 0) is 44.0 Å². The molecule has 4 N–H and O–H groups in total. The normalized spacial score (nSPS) is 11.6. The van der Waals surface area contributed by atoms with E-state index >= 15 is 0 Å². The van der Waals surface area contributed by atoms with E-state index in [2.05, 4.69) is 15.4 Å². The Morgan fingerprint density at radius 3 is 2.25 bits per heavy atom. The Bertz CT molecular complexity index is 443. The Labute approximate surface area is 118 Å². The Kier molecular flexibility index (Phi) is 6.52. The van der Waals surface area contributed by atoms with Gasteiger partial charge in [0.25, 0.3) is 0 Å². The monoisotopic (exact) mass is 279 g/mol. The van der Waals surface area contributed by atoms with Crippen LogP contribution in [0.3, 0.4) is 0 Å². The summed E-state index contributed by atoms with van der Waals surface area (Å²) in [5.41, 5.74) is 6.91. The van der Waals surface area contributed by atoms with Crippen molar-refractivity contribution >= 4 is 23.4 Å². The molecule has 0 heterocycles. The SMILES string of the molecule is COC(=O)Nc1ccc(NC(=O)CCCC(C)N)cc1. The number of anilines is 2. The fraction of sp³-hybridized carbons (Fsp3) is 0.429. The van der Waals surface area contributed by atoms with E-state index in [1.165, 1.54) is 7.11 Å². The minimum atomic E-state index is -0.530. The second-order valence-electron chi connectivity index (χ2n) is 4.61. The third-order valence-corrected chi connectivity index (χ3v) is 2.66. The lowest BCUT2D eigenvalue weighted by Crippen LogP contribution is -2.16. The number of carbonyl (C=O) groups excluding carboxylic acids is 2. The first-order valence-corrected chi connectivity index (χ1v) is 6.51. The summed E-state index contributed by atoms with van der Waals surface area (Å²) in [5, 5.41) is 5.32. The number of nitrogens with two attached hydrogens (primary N) is 1. The second-order valence-corrected chi connectivity index (χ2v) is 4.61. The molecule has 0 radical (unpaired) electrons. The van der Waals surface area contributed by atoms with Crippen LogP contribution < -0.4 is 16.4 Å². The fourth-order valence-electron chi connectivity index (χ4n) is 1.61. The molecular weight excluding hydrogens is 258 g/mol. The third-order valence-electron chi connectivity index (χ3n) is 2.66. The number of amides is 2. The van der Waals surface area contributed by atoms with Crippen molar-refractivity contribution in [1.29, 1.82) is 0 Å². The van der Waals surface area contributed by atoms with E-state index in [4.69, 9.17) is 5.73 Å². The van der Waals surface area contributed by atoms with Crippen molar-refractivity contribution < 1.29 is 14.3 Å². The molecule has 6 nitrogen and oxygen atoms in total. The third kappa shape index (κ3) is 6.19. The van der Waals surface area contributed by atoms with Crippen LogP contribution in [0.4, 0.5) is 16.2 Å². The zero-order valence-electron chi connectivity index (χ0n) is 11.8. The summed E-state index contributed by atoms with van der Waals surface area (Å²) in [6.45, 7) is 1.92. The summed E-state index contributed by atoms with van der Waals surface area (Å²) < 4.78 is 4.48. The molecule has 0 fully saturated rings. The van der Waals surface area contributed by atoms with Gasteiger partial charge in [-0.2, -0.15) is 0 Å². The fourth-order valence-corrected chi connectivity index (χ4v) is 1.61. The average Bonchev–Trinajstić information content (AvgIpc) is 2.40. The minimum absolute atomic E-state index is 0.0423. The molecule has 0 aliphatic heterocycles. The van der Waals surface area contributed by atoms with Crippen molar-refractivity contribution in [1.82, 2.24) is 0 Å². The number of ether oxygens (including phenoxy) is 1. The van der Waals surface area contributed by atoms with Gasteiger partial charge in [-0.25, -0.2) is 4.79 Å². The molecule has 0 bridgehead atoms. The summed E-state index contributed by atoms with van der Waals surface area (Å²) in [6, 6.07) is 6.93. The summed E-state index contributed by atoms with van der Waals surface area (Å²) in [7, 11) is 1.30. The Morgan fingerprint density at radius 2 is 1.75 bits per heavy atom. The predicted octanol–water partition coefficient (Wildman–Crippen LogP) is 2.32. The molecular formula is C14H21N3O3. The molecule has 1 unspecified atom stereocenters. The predicted molar refractivity (Wildman–Crippen MR) is 78.6 cm³/mol. The van der Waals surface area contributed by atoms with E-state index in [0.717, 1.165) is 12.8 Å². The van der Waals surface area contributed by atoms with E-state index in [-0.39, 0.29) is 11.9 Å². The Balaban J connectivity index is 2.40. The molecule has 0 aromatic heterocycles. The van der Waals surface area contributed by atoms with Gasteiger partial charge in [0.05, 0.1) is 7.11 Å². The molecule has 1 aromatic rings. The maximum absolute atomic E-state index is 11.7. The summed E-state index contributed by atoms with van der Waals surface area (Å²) >= 11 is 0. The van der Waals surface area contributed by atoms with Gasteiger partial charge in [0, 0.05) is 23.8 Å². The Hall–Kier alpha value is -2.08. The van der Waals surface area contributed by atoms with Crippen LogP contribution in [-0.4, -0.2) is 25.2 Å². The largest absolute Gasteiger partial charge is 0.453 e. The standard InChI is InChI=1S/C14H21N3O3/c1-10(15)4-3-5-13(18)16-11-6-8-12(9-7-11)17-14(19)20-2/h6-10H,3-5,15H2,1-2H3,(H,16,18)(H,17,19). The second kappa shape index (κ2) is 8.16. The number of rotatable bonds is 6. The highest BCUT2D eigenvalue weighted by Crippen LogP contribution is 2.14. The van der Waals surface area contributed by atoms with Crippen molar-refractivity contribution in [3.8, 4) is 0 Å². The van der Waals surface area contributed by atoms with Crippen LogP contribution in [0.1, 0.15) is 26.2 Å². The van der Waals surface area contributed by atoms with Gasteiger partial charge in [-0.1, -0.05) is 0 Å². The Morgan fingerprint density at radius 1 is 1.20 bits per heavy atom. The quantitative estimate of drug-likeness (QED) is 0.745. The smallest absolute Gasteiger partial charge is 0.411 e. The lowest BCUT2D eigenvalue weighted by Gasteiger charge is -2.08. The van der Waals surface area contributed by atoms with Crippen molar-refractivity contribution in [2.75, 3.05) is 17.7 Å². The molecule has 0 spiro atoms. The zero-order valence-corrected chi connectivity index (χ0v) is 11.8. The van der Waals surface area contributed by atoms with E-state index < -0.39 is 6.09 Å². The average molecular weight is 279 g/mol. The molecule has 0 saturated heterocycles. The number of benzene rings is 1. The van der Waals surface area contributed by atoms with Gasteiger partial charge in [-0.3, -0.25) is 10.1 Å². The van der Waals surface area contributed by atoms with E-state index in [1.807, 2.05) is 6.92 Å². The van der Waals surface area contributed by atoms with E-state index in [1.54, 1.807) is 24.3 Å². The number of nitrogens with one attached hydrogen (secondary N) is 2. The summed E-state index contributed by atoms with van der Waals surface area (Å²) in [4.78, 5) is 22.7. The van der Waals surface area contributed by atoms with Crippen LogP contribution in [0.5, 0.6) is 0 Å². The van der Waals surface area contributed by atoms with Gasteiger partial charge in [-0.15, -0.1) is 0 Å². The van der Waals surface area contributed by atoms with Gasteiger partial charge in [0.2, 0.25) is 5.91 Å². The topological polar surface area (TPSA) is 93.5 Å². The lowest BCUT2D eigenvalue weighted by atomic mass is 10.1. The van der Waals surface area contributed by atoms with Gasteiger partial charge < -0.3 is 15.8 Å². The molecule has 0 aliphatic rings. The number of hydrogen-bond donors (Lipinski definition) is 3. The van der Waals surface area contributed by atoms with Gasteiger partial charge >= 0.3 is 6.09 Å². The zero-order chi connectivity index (χ0) is 15.0. The highest BCUT2D eigenvalue weighted by molar-refractivity contribution is 5.91. The summed E-state index contributed by atoms with van der Waals surface area (Å²) in [5.74, 6) is -0.0423. The van der Waals surface area contributed by atoms with Crippen LogP contribution in [-0.2, 0) is 9.53 Å². The van der Waals surface area contributed by atoms with Gasteiger partial charge in [0.1, 0.15) is 0 Å². The van der Waals surface area contributed by atoms with Crippen LogP contribution in [0.2, 0.25) is 0 Å². The highest BCUT2D eigenvalue weighted by Gasteiger charge is 2.04. The van der Waals surface area contributed by atoms with Crippen molar-refractivity contribution in [3.63, 3.8) is 0 Å². The number of methoxy groups -OCH3 is 1. The molecule has 6 heteroatoms. The lowest BCUT2D eigenvalue weighted by molar-refractivity contribution is -0.116. The van der Waals surface area contributed by atoms with E-state index in [0.29, 0.717) is 17.8 Å². The molecule has 1 atom stereocenters. The molecule has 0 saturated carbocycles. The van der Waals surface area contributed by atoms with E-state index in [9.17, 15) is 9.59 Å². The molecule has 2 amide bonds. The molecule has 20 heavy (non-hydrogen) atoms. The first-order chi connectivity index (χ1) is 9.51. The molecule has 110 valence electrons. The highest BCUT2D eigenvalue weighted by atomic mass is 16.5. The first-order valence-electron chi connectivity index (χ1n) is 6.51. The first kappa shape index (κ1) is 16.0. The minimum Gasteiger partial charge on any atom is -0.453 e. The number of carbonyl (C=O) groups is 2. The molecule has 1 aromatic carbocycles. The maximum atomic E-state index is 11.7. The van der Waals surface area contributed by atoms with Crippen molar-refractivity contribution in [2.45, 2.75) is 32.2 Å². The van der Waals surface area contributed by atoms with Crippen LogP contribution in [0.15, 0.2) is 24.3 Å². The van der Waals surface area contributed by atoms with Crippen molar-refractivity contribution in [3.05, 3.63) is 24.3 Å². The van der Waals surface area contributed by atoms with Crippen LogP contribution >= 0.6 is 0 Å². The van der Waals surface area contributed by atoms with Crippen LogP contribution in [0, 0.1) is 0 Å². The number of hydrogen-bond acceptors (Lipinski definition) is 4.